The van der Waals surface area contributed by atoms with E-state index in [-0.39, 0.29) is 23.3 Å². The minimum atomic E-state index is -3.27. The van der Waals surface area contributed by atoms with Gasteiger partial charge in [0.15, 0.2) is 9.84 Å². The van der Waals surface area contributed by atoms with E-state index >= 15 is 0 Å². The molecule has 136 valence electrons. The summed E-state index contributed by atoms with van der Waals surface area (Å²) in [6.45, 7) is 2.48. The summed E-state index contributed by atoms with van der Waals surface area (Å²) in [7, 11) is -3.27. The van der Waals surface area contributed by atoms with E-state index in [2.05, 4.69) is 10.2 Å². The summed E-state index contributed by atoms with van der Waals surface area (Å²) in [6, 6.07) is 0.849. The van der Waals surface area contributed by atoms with Crippen molar-refractivity contribution >= 4 is 21.7 Å². The second-order valence-corrected chi connectivity index (χ2v) is 9.29. The van der Waals surface area contributed by atoms with E-state index in [1.165, 1.54) is 0 Å². The van der Waals surface area contributed by atoms with Crippen LogP contribution in [-0.4, -0.2) is 76.9 Å². The molecule has 9 heteroatoms. The molecule has 1 N–H and O–H groups in total. The molecule has 8 nitrogen and oxygen atoms in total. The first kappa shape index (κ1) is 16.6. The van der Waals surface area contributed by atoms with Gasteiger partial charge in [-0.2, -0.15) is 5.10 Å². The van der Waals surface area contributed by atoms with Gasteiger partial charge in [-0.3, -0.25) is 14.7 Å². The Morgan fingerprint density at radius 3 is 2.48 bits per heavy atom. The molecule has 1 aromatic heterocycles. The number of sulfone groups is 1. The van der Waals surface area contributed by atoms with Gasteiger partial charge >= 0.3 is 0 Å². The van der Waals surface area contributed by atoms with E-state index in [0.29, 0.717) is 31.1 Å². The highest BCUT2D eigenvalue weighted by atomic mass is 32.2. The molecule has 4 rings (SSSR count). The molecular formula is C16H22N4O4S. The van der Waals surface area contributed by atoms with Crippen molar-refractivity contribution in [2.24, 2.45) is 0 Å². The van der Waals surface area contributed by atoms with Crippen LogP contribution in [0.25, 0.3) is 0 Å². The Hall–Kier alpha value is -1.90. The normalized spacial score (nSPS) is 28.0. The molecular weight excluding hydrogens is 344 g/mol. The fourth-order valence-corrected chi connectivity index (χ4v) is 5.90. The number of carbonyl (C=O) groups is 2. The maximum absolute atomic E-state index is 12.9. The van der Waals surface area contributed by atoms with Gasteiger partial charge in [-0.25, -0.2) is 8.42 Å². The molecule has 25 heavy (non-hydrogen) atoms. The topological polar surface area (TPSA) is 103 Å². The van der Waals surface area contributed by atoms with Gasteiger partial charge < -0.3 is 9.80 Å². The molecule has 2 unspecified atom stereocenters. The standard InChI is InChI=1S/C16H22N4O4S/c1-2-15(21)19-5-6-20(14-9-25(23,24)8-13(14)19)16(22)12-7-11(17-18-12)10-3-4-10/h7,10,13-14H,2-6,8-9H2,1H3,(H,17,18). The zero-order valence-corrected chi connectivity index (χ0v) is 15.0. The SMILES string of the molecule is CCC(=O)N1CCN(C(=O)c2cc(C3CC3)[nH]n2)C2CS(=O)(=O)CC21. The Labute approximate surface area is 146 Å². The van der Waals surface area contributed by atoms with Crippen molar-refractivity contribution in [1.82, 2.24) is 20.0 Å². The Morgan fingerprint density at radius 1 is 1.20 bits per heavy atom. The fraction of sp³-hybridized carbons (Fsp3) is 0.688. The molecule has 3 aliphatic rings. The van der Waals surface area contributed by atoms with Crippen LogP contribution in [0.2, 0.25) is 0 Å². The number of nitrogens with zero attached hydrogens (tertiary/aromatic N) is 3. The molecule has 2 amide bonds. The number of hydrogen-bond donors (Lipinski definition) is 1. The van der Waals surface area contributed by atoms with Crippen LogP contribution in [0.15, 0.2) is 6.07 Å². The van der Waals surface area contributed by atoms with E-state index < -0.39 is 21.9 Å². The number of hydrogen-bond acceptors (Lipinski definition) is 5. The molecule has 1 saturated carbocycles. The zero-order chi connectivity index (χ0) is 17.8. The van der Waals surface area contributed by atoms with Crippen LogP contribution >= 0.6 is 0 Å². The predicted octanol–water partition coefficient (Wildman–Crippen LogP) is 0.147. The average Bonchev–Trinajstić information content (AvgIpc) is 3.21. The molecule has 0 bridgehead atoms. The quantitative estimate of drug-likeness (QED) is 0.820. The second kappa shape index (κ2) is 5.82. The summed E-state index contributed by atoms with van der Waals surface area (Å²) in [5, 5.41) is 7.05. The number of aromatic amines is 1. The van der Waals surface area contributed by atoms with E-state index in [9.17, 15) is 18.0 Å². The van der Waals surface area contributed by atoms with Crippen molar-refractivity contribution in [3.8, 4) is 0 Å². The van der Waals surface area contributed by atoms with Crippen LogP contribution in [0, 0.1) is 0 Å². The second-order valence-electron chi connectivity index (χ2n) is 7.13. The molecule has 0 radical (unpaired) electrons. The average molecular weight is 366 g/mol. The van der Waals surface area contributed by atoms with Crippen LogP contribution in [0.4, 0.5) is 0 Å². The summed E-state index contributed by atoms with van der Waals surface area (Å²) in [6.07, 6.45) is 2.55. The Kier molecular flexibility index (Phi) is 3.86. The highest BCUT2D eigenvalue weighted by Gasteiger charge is 2.49. The van der Waals surface area contributed by atoms with E-state index in [1.807, 2.05) is 0 Å². The van der Waals surface area contributed by atoms with Crippen molar-refractivity contribution < 1.29 is 18.0 Å². The highest BCUT2D eigenvalue weighted by molar-refractivity contribution is 7.91. The monoisotopic (exact) mass is 366 g/mol. The fourth-order valence-electron chi connectivity index (χ4n) is 3.91. The molecule has 0 spiro atoms. The third-order valence-corrected chi connectivity index (χ3v) is 7.09. The molecule has 1 aliphatic carbocycles. The van der Waals surface area contributed by atoms with Gasteiger partial charge in [0, 0.05) is 31.1 Å². The lowest BCUT2D eigenvalue weighted by molar-refractivity contribution is -0.135. The van der Waals surface area contributed by atoms with Crippen LogP contribution in [0.1, 0.15) is 48.3 Å². The lowest BCUT2D eigenvalue weighted by Gasteiger charge is -2.43. The van der Waals surface area contributed by atoms with Crippen molar-refractivity contribution in [2.45, 2.75) is 44.2 Å². The predicted molar refractivity (Wildman–Crippen MR) is 89.8 cm³/mol. The van der Waals surface area contributed by atoms with Crippen LogP contribution < -0.4 is 0 Å². The van der Waals surface area contributed by atoms with Gasteiger partial charge in [-0.15, -0.1) is 0 Å². The lowest BCUT2D eigenvalue weighted by atomic mass is 10.0. The van der Waals surface area contributed by atoms with Crippen LogP contribution in [-0.2, 0) is 14.6 Å². The minimum absolute atomic E-state index is 0.0602. The molecule has 3 heterocycles. The van der Waals surface area contributed by atoms with E-state index in [0.717, 1.165) is 18.5 Å². The molecule has 1 aromatic rings. The Morgan fingerprint density at radius 2 is 1.84 bits per heavy atom. The number of aromatic nitrogens is 2. The van der Waals surface area contributed by atoms with E-state index in [4.69, 9.17) is 0 Å². The van der Waals surface area contributed by atoms with Gasteiger partial charge in [0.05, 0.1) is 23.6 Å². The van der Waals surface area contributed by atoms with E-state index in [1.54, 1.807) is 22.8 Å². The molecule has 0 aromatic carbocycles. The summed E-state index contributed by atoms with van der Waals surface area (Å²) in [4.78, 5) is 28.3. The third-order valence-electron chi connectivity index (χ3n) is 5.39. The maximum atomic E-state index is 12.9. The summed E-state index contributed by atoms with van der Waals surface area (Å²) in [5.74, 6) is -0.000698. The first-order valence-electron chi connectivity index (χ1n) is 8.76. The van der Waals surface area contributed by atoms with Gasteiger partial charge in [-0.05, 0) is 18.9 Å². The van der Waals surface area contributed by atoms with Gasteiger partial charge in [0.2, 0.25) is 5.91 Å². The summed E-state index contributed by atoms with van der Waals surface area (Å²) in [5.41, 5.74) is 1.30. The minimum Gasteiger partial charge on any atom is -0.335 e. The highest BCUT2D eigenvalue weighted by Crippen LogP contribution is 2.39. The first-order valence-corrected chi connectivity index (χ1v) is 10.6. The third kappa shape index (κ3) is 2.94. The number of carbonyl (C=O) groups excluding carboxylic acids is 2. The van der Waals surface area contributed by atoms with Crippen molar-refractivity contribution in [2.75, 3.05) is 24.6 Å². The van der Waals surface area contributed by atoms with Gasteiger partial charge in [-0.1, -0.05) is 6.92 Å². The van der Waals surface area contributed by atoms with Crippen LogP contribution in [0.5, 0.6) is 0 Å². The number of rotatable bonds is 3. The summed E-state index contributed by atoms with van der Waals surface area (Å²) >= 11 is 0. The molecule has 2 aliphatic heterocycles. The van der Waals surface area contributed by atoms with Crippen molar-refractivity contribution in [3.63, 3.8) is 0 Å². The number of nitrogens with one attached hydrogen (secondary N) is 1. The van der Waals surface area contributed by atoms with Gasteiger partial charge in [0.1, 0.15) is 5.69 Å². The Bertz CT molecular complexity index is 814. The number of amides is 2. The van der Waals surface area contributed by atoms with Crippen molar-refractivity contribution in [1.29, 1.82) is 0 Å². The summed E-state index contributed by atoms with van der Waals surface area (Å²) < 4.78 is 24.3. The van der Waals surface area contributed by atoms with Crippen molar-refractivity contribution in [3.05, 3.63) is 17.5 Å². The Balaban J connectivity index is 1.59. The van der Waals surface area contributed by atoms with Gasteiger partial charge in [0.25, 0.3) is 5.91 Å². The zero-order valence-electron chi connectivity index (χ0n) is 14.1. The largest absolute Gasteiger partial charge is 0.335 e. The smallest absolute Gasteiger partial charge is 0.274 e. The lowest BCUT2D eigenvalue weighted by Crippen LogP contribution is -2.61. The number of H-pyrrole nitrogens is 1. The molecule has 3 fully saturated rings. The first-order chi connectivity index (χ1) is 11.9. The maximum Gasteiger partial charge on any atom is 0.274 e. The molecule has 2 saturated heterocycles. The number of fused-ring (bicyclic) bond motifs is 1. The van der Waals surface area contributed by atoms with Crippen LogP contribution in [0.3, 0.4) is 0 Å². The number of piperazine rings is 1. The molecule has 2 atom stereocenters.